The molecule has 2 N–H and O–H groups in total. The lowest BCUT2D eigenvalue weighted by atomic mass is 9.97. The fourth-order valence-corrected chi connectivity index (χ4v) is 2.97. The summed E-state index contributed by atoms with van der Waals surface area (Å²) in [5.41, 5.74) is 0.293. The number of nitro benzene ring substituents is 1. The number of aliphatic hydroxyl groups is 1. The van der Waals surface area contributed by atoms with E-state index in [1.165, 1.54) is 11.3 Å². The number of thiazole rings is 1. The summed E-state index contributed by atoms with van der Waals surface area (Å²) in [6.45, 7) is 5.94. The molecule has 0 aliphatic heterocycles. The minimum Gasteiger partial charge on any atom is -0.388 e. The topological polar surface area (TPSA) is 88.3 Å². The number of anilines is 1. The van der Waals surface area contributed by atoms with Gasteiger partial charge in [0, 0.05) is 12.6 Å². The molecule has 0 unspecified atom stereocenters. The molecule has 0 aliphatic carbocycles. The van der Waals surface area contributed by atoms with E-state index in [1.807, 2.05) is 20.8 Å². The molecule has 1 aromatic heterocycles. The van der Waals surface area contributed by atoms with Crippen LogP contribution in [0.1, 0.15) is 31.7 Å². The molecule has 0 saturated heterocycles. The van der Waals surface area contributed by atoms with E-state index in [1.54, 1.807) is 12.1 Å². The van der Waals surface area contributed by atoms with Crippen molar-refractivity contribution in [2.24, 2.45) is 0 Å². The second-order valence-electron chi connectivity index (χ2n) is 5.11. The number of hydrogen-bond donors (Lipinski definition) is 2. The van der Waals surface area contributed by atoms with E-state index in [0.29, 0.717) is 18.5 Å². The van der Waals surface area contributed by atoms with Gasteiger partial charge in [-0.05, 0) is 25.8 Å². The minimum absolute atomic E-state index is 0.0145. The lowest BCUT2D eigenvalue weighted by Crippen LogP contribution is -2.35. The normalized spacial score (nSPS) is 11.8. The molecule has 1 heterocycles. The van der Waals surface area contributed by atoms with Crippen LogP contribution in [0.25, 0.3) is 10.2 Å². The maximum Gasteiger partial charge on any atom is 0.293 e. The van der Waals surface area contributed by atoms with Gasteiger partial charge in [-0.15, -0.1) is 11.3 Å². The molecular formula is C14H19N3O3S. The highest BCUT2D eigenvalue weighted by Gasteiger charge is 2.24. The van der Waals surface area contributed by atoms with Crippen molar-refractivity contribution >= 4 is 32.9 Å². The average Bonchev–Trinajstić information content (AvgIpc) is 2.82. The Balaban J connectivity index is 2.37. The first-order chi connectivity index (χ1) is 9.88. The summed E-state index contributed by atoms with van der Waals surface area (Å²) < 4.78 is 0.797. The van der Waals surface area contributed by atoms with E-state index < -0.39 is 10.5 Å². The average molecular weight is 309 g/mol. The summed E-state index contributed by atoms with van der Waals surface area (Å²) in [5.74, 6) is 0. The van der Waals surface area contributed by atoms with E-state index in [4.69, 9.17) is 0 Å². The molecule has 0 amide bonds. The number of hydrogen-bond acceptors (Lipinski definition) is 6. The minimum atomic E-state index is -0.860. The molecule has 114 valence electrons. The summed E-state index contributed by atoms with van der Waals surface area (Å²) in [4.78, 5) is 15.2. The molecule has 0 aliphatic rings. The molecule has 21 heavy (non-hydrogen) atoms. The van der Waals surface area contributed by atoms with E-state index in [9.17, 15) is 15.2 Å². The van der Waals surface area contributed by atoms with Crippen LogP contribution in [0.3, 0.4) is 0 Å². The number of rotatable bonds is 6. The van der Waals surface area contributed by atoms with Gasteiger partial charge in [0.1, 0.15) is 5.69 Å². The van der Waals surface area contributed by atoms with Crippen LogP contribution in [0.5, 0.6) is 0 Å². The summed E-state index contributed by atoms with van der Waals surface area (Å²) in [6, 6.07) is 3.22. The van der Waals surface area contributed by atoms with E-state index in [2.05, 4.69) is 10.3 Å². The number of nitrogens with one attached hydrogen (secondary N) is 1. The van der Waals surface area contributed by atoms with Crippen LogP contribution in [0.15, 0.2) is 12.1 Å². The zero-order chi connectivity index (χ0) is 15.6. The standard InChI is InChI=1S/C14H19N3O3S/c1-4-14(18,5-2)8-15-10-6-11-13(21-9(3)16-11)7-12(10)17(19)20/h6-7,15,18H,4-5,8H2,1-3H3. The second kappa shape index (κ2) is 5.95. The van der Waals surface area contributed by atoms with Crippen LogP contribution in [0, 0.1) is 17.0 Å². The Hall–Kier alpha value is -1.73. The zero-order valence-electron chi connectivity index (χ0n) is 12.3. The Morgan fingerprint density at radius 1 is 1.43 bits per heavy atom. The van der Waals surface area contributed by atoms with Crippen molar-refractivity contribution in [3.8, 4) is 0 Å². The Kier molecular flexibility index (Phi) is 4.43. The molecule has 6 nitrogen and oxygen atoms in total. The Labute approximate surface area is 127 Å². The summed E-state index contributed by atoms with van der Waals surface area (Å²) in [6.07, 6.45) is 1.17. The van der Waals surface area contributed by atoms with Gasteiger partial charge >= 0.3 is 0 Å². The first kappa shape index (κ1) is 15.7. The van der Waals surface area contributed by atoms with Gasteiger partial charge in [0.05, 0.1) is 25.7 Å². The van der Waals surface area contributed by atoms with E-state index in [-0.39, 0.29) is 12.2 Å². The van der Waals surface area contributed by atoms with E-state index >= 15 is 0 Å². The molecule has 0 atom stereocenters. The lowest BCUT2D eigenvalue weighted by molar-refractivity contribution is -0.383. The van der Waals surface area contributed by atoms with E-state index in [0.717, 1.165) is 15.2 Å². The molecule has 7 heteroatoms. The van der Waals surface area contributed by atoms with Gasteiger partial charge in [-0.2, -0.15) is 0 Å². The van der Waals surface area contributed by atoms with Crippen LogP contribution in [0.2, 0.25) is 0 Å². The van der Waals surface area contributed by atoms with Crippen molar-refractivity contribution in [2.45, 2.75) is 39.2 Å². The Morgan fingerprint density at radius 3 is 2.67 bits per heavy atom. The van der Waals surface area contributed by atoms with Crippen LogP contribution < -0.4 is 5.32 Å². The fourth-order valence-electron chi connectivity index (χ4n) is 2.13. The third kappa shape index (κ3) is 3.30. The highest BCUT2D eigenvalue weighted by atomic mass is 32.1. The maximum absolute atomic E-state index is 11.2. The lowest BCUT2D eigenvalue weighted by Gasteiger charge is -2.25. The zero-order valence-corrected chi connectivity index (χ0v) is 13.2. The van der Waals surface area contributed by atoms with Gasteiger partial charge in [-0.25, -0.2) is 4.98 Å². The molecule has 2 rings (SSSR count). The smallest absolute Gasteiger partial charge is 0.293 e. The van der Waals surface area contributed by atoms with Gasteiger partial charge < -0.3 is 10.4 Å². The van der Waals surface area contributed by atoms with Crippen molar-refractivity contribution in [3.63, 3.8) is 0 Å². The monoisotopic (exact) mass is 309 g/mol. The molecule has 0 spiro atoms. The van der Waals surface area contributed by atoms with Gasteiger partial charge in [-0.3, -0.25) is 10.1 Å². The number of nitrogens with zero attached hydrogens (tertiary/aromatic N) is 2. The third-order valence-corrected chi connectivity index (χ3v) is 4.67. The number of nitro groups is 1. The predicted molar refractivity (Wildman–Crippen MR) is 85.0 cm³/mol. The molecule has 0 fully saturated rings. The SMILES string of the molecule is CCC(O)(CC)CNc1cc2nc(C)sc2cc1[N+](=O)[O-]. The summed E-state index contributed by atoms with van der Waals surface area (Å²) in [5, 5.41) is 25.4. The number of aromatic nitrogens is 1. The van der Waals surface area contributed by atoms with Crippen LogP contribution >= 0.6 is 11.3 Å². The van der Waals surface area contributed by atoms with Crippen molar-refractivity contribution in [1.29, 1.82) is 0 Å². The molecule has 0 bridgehead atoms. The van der Waals surface area contributed by atoms with Crippen LogP contribution in [-0.4, -0.2) is 27.2 Å². The summed E-state index contributed by atoms with van der Waals surface area (Å²) in [7, 11) is 0. The largest absolute Gasteiger partial charge is 0.388 e. The number of aryl methyl sites for hydroxylation is 1. The van der Waals surface area contributed by atoms with Gasteiger partial charge in [0.15, 0.2) is 0 Å². The summed E-state index contributed by atoms with van der Waals surface area (Å²) >= 11 is 1.43. The quantitative estimate of drug-likeness (QED) is 0.630. The number of fused-ring (bicyclic) bond motifs is 1. The highest BCUT2D eigenvalue weighted by molar-refractivity contribution is 7.18. The molecule has 0 saturated carbocycles. The fraction of sp³-hybridized carbons (Fsp3) is 0.500. The van der Waals surface area contributed by atoms with Gasteiger partial charge in [0.25, 0.3) is 5.69 Å². The second-order valence-corrected chi connectivity index (χ2v) is 6.35. The van der Waals surface area contributed by atoms with Crippen LogP contribution in [0.4, 0.5) is 11.4 Å². The van der Waals surface area contributed by atoms with Gasteiger partial charge in [-0.1, -0.05) is 13.8 Å². The number of benzene rings is 1. The Bertz CT molecular complexity index is 665. The Morgan fingerprint density at radius 2 is 2.10 bits per heavy atom. The van der Waals surface area contributed by atoms with Gasteiger partial charge in [0.2, 0.25) is 0 Å². The van der Waals surface area contributed by atoms with Crippen molar-refractivity contribution in [1.82, 2.24) is 4.98 Å². The predicted octanol–water partition coefficient (Wildman–Crippen LogP) is 3.48. The van der Waals surface area contributed by atoms with Crippen molar-refractivity contribution in [3.05, 3.63) is 27.3 Å². The van der Waals surface area contributed by atoms with Crippen LogP contribution in [-0.2, 0) is 0 Å². The first-order valence-electron chi connectivity index (χ1n) is 6.90. The molecular weight excluding hydrogens is 290 g/mol. The molecule has 0 radical (unpaired) electrons. The maximum atomic E-state index is 11.2. The van der Waals surface area contributed by atoms with Crippen molar-refractivity contribution in [2.75, 3.05) is 11.9 Å². The highest BCUT2D eigenvalue weighted by Crippen LogP contribution is 2.33. The van der Waals surface area contributed by atoms with Crippen molar-refractivity contribution < 1.29 is 10.0 Å². The third-order valence-electron chi connectivity index (χ3n) is 3.73. The molecule has 2 aromatic rings. The first-order valence-corrected chi connectivity index (χ1v) is 7.72. The molecule has 1 aromatic carbocycles.